The third kappa shape index (κ3) is 3.47. The largest absolute Gasteiger partial charge is 0.493 e. The highest BCUT2D eigenvalue weighted by molar-refractivity contribution is 5.49. The Labute approximate surface area is 97.6 Å². The molecular weight excluding hydrogens is 202 g/mol. The first-order valence-electron chi connectivity index (χ1n) is 5.31. The molecule has 88 valence electrons. The molecule has 0 spiro atoms. The molecule has 1 aromatic carbocycles. The summed E-state index contributed by atoms with van der Waals surface area (Å²) in [5, 5.41) is 8.58. The first-order chi connectivity index (χ1) is 7.72. The molecule has 3 heteroatoms. The van der Waals surface area contributed by atoms with Crippen molar-refractivity contribution < 1.29 is 9.47 Å². The number of benzene rings is 1. The fourth-order valence-corrected chi connectivity index (χ4v) is 1.42. The molecular formula is C13H19NO2. The SMILES string of the molecule is CC.COc1cc(CC#N)cc(C)c1OC. The molecule has 0 radical (unpaired) electrons. The van der Waals surface area contributed by atoms with E-state index in [1.54, 1.807) is 14.2 Å². The van der Waals surface area contributed by atoms with Gasteiger partial charge in [0.05, 0.1) is 26.7 Å². The second-order valence-corrected chi connectivity index (χ2v) is 2.98. The van der Waals surface area contributed by atoms with Crippen molar-refractivity contribution in [3.63, 3.8) is 0 Å². The Morgan fingerprint density at radius 1 is 1.19 bits per heavy atom. The van der Waals surface area contributed by atoms with Crippen LogP contribution >= 0.6 is 0 Å². The van der Waals surface area contributed by atoms with E-state index in [0.717, 1.165) is 16.9 Å². The number of hydrogen-bond acceptors (Lipinski definition) is 3. The van der Waals surface area contributed by atoms with Gasteiger partial charge in [0.15, 0.2) is 11.5 Å². The molecule has 16 heavy (non-hydrogen) atoms. The zero-order valence-corrected chi connectivity index (χ0v) is 10.6. The van der Waals surface area contributed by atoms with Crippen molar-refractivity contribution in [2.75, 3.05) is 14.2 Å². The summed E-state index contributed by atoms with van der Waals surface area (Å²) >= 11 is 0. The molecule has 0 fully saturated rings. The van der Waals surface area contributed by atoms with Crippen LogP contribution in [0.2, 0.25) is 0 Å². The van der Waals surface area contributed by atoms with Crippen LogP contribution in [0.25, 0.3) is 0 Å². The zero-order chi connectivity index (χ0) is 12.6. The molecule has 3 nitrogen and oxygen atoms in total. The summed E-state index contributed by atoms with van der Waals surface area (Å²) in [6, 6.07) is 5.87. The van der Waals surface area contributed by atoms with Crippen molar-refractivity contribution in [1.82, 2.24) is 0 Å². The van der Waals surface area contributed by atoms with Crippen LogP contribution in [0.3, 0.4) is 0 Å². The van der Waals surface area contributed by atoms with Gasteiger partial charge >= 0.3 is 0 Å². The molecule has 0 aliphatic heterocycles. The second kappa shape index (κ2) is 7.58. The minimum Gasteiger partial charge on any atom is -0.493 e. The van der Waals surface area contributed by atoms with Crippen molar-refractivity contribution in [2.45, 2.75) is 27.2 Å². The highest BCUT2D eigenvalue weighted by Crippen LogP contribution is 2.31. The summed E-state index contributed by atoms with van der Waals surface area (Å²) < 4.78 is 10.4. The van der Waals surface area contributed by atoms with E-state index in [-0.39, 0.29) is 0 Å². The lowest BCUT2D eigenvalue weighted by Crippen LogP contribution is -1.95. The Hall–Kier alpha value is -1.69. The molecule has 1 aromatic rings. The molecule has 0 saturated carbocycles. The quantitative estimate of drug-likeness (QED) is 0.787. The Morgan fingerprint density at radius 3 is 2.25 bits per heavy atom. The van der Waals surface area contributed by atoms with Crippen LogP contribution in [0.5, 0.6) is 11.5 Å². The fourth-order valence-electron chi connectivity index (χ4n) is 1.42. The number of nitriles is 1. The molecule has 0 atom stereocenters. The number of ether oxygens (including phenoxy) is 2. The lowest BCUT2D eigenvalue weighted by molar-refractivity contribution is 0.352. The maximum atomic E-state index is 8.58. The number of aryl methyl sites for hydroxylation is 1. The van der Waals surface area contributed by atoms with Gasteiger partial charge in [0, 0.05) is 0 Å². The molecule has 0 heterocycles. The summed E-state index contributed by atoms with van der Waals surface area (Å²) in [6.45, 7) is 5.93. The zero-order valence-electron chi connectivity index (χ0n) is 10.6. The molecule has 0 amide bonds. The van der Waals surface area contributed by atoms with Gasteiger partial charge in [-0.2, -0.15) is 5.26 Å². The normalized spacial score (nSPS) is 8.50. The Bertz CT molecular complexity index is 367. The predicted octanol–water partition coefficient (Wildman–Crippen LogP) is 3.10. The molecule has 0 N–H and O–H groups in total. The minimum absolute atomic E-state index is 0.390. The highest BCUT2D eigenvalue weighted by Gasteiger charge is 2.08. The lowest BCUT2D eigenvalue weighted by atomic mass is 10.1. The Kier molecular flexibility index (Phi) is 6.78. The summed E-state index contributed by atoms with van der Waals surface area (Å²) in [5.74, 6) is 1.41. The number of hydrogen-bond donors (Lipinski definition) is 0. The Morgan fingerprint density at radius 2 is 1.81 bits per heavy atom. The van der Waals surface area contributed by atoms with E-state index in [1.807, 2.05) is 32.9 Å². The van der Waals surface area contributed by atoms with Gasteiger partial charge < -0.3 is 9.47 Å². The van der Waals surface area contributed by atoms with Gasteiger partial charge in [0.1, 0.15) is 0 Å². The van der Waals surface area contributed by atoms with Crippen molar-refractivity contribution in [3.05, 3.63) is 23.3 Å². The third-order valence-corrected chi connectivity index (χ3v) is 2.01. The standard InChI is InChI=1S/C11H13NO2.C2H6/c1-8-6-9(4-5-12)7-10(13-2)11(8)14-3;1-2/h6-7H,4H2,1-3H3;1-2H3. The first-order valence-corrected chi connectivity index (χ1v) is 5.31. The Balaban J connectivity index is 0.00000106. The van der Waals surface area contributed by atoms with Gasteiger partial charge in [-0.15, -0.1) is 0 Å². The average Bonchev–Trinajstić information content (AvgIpc) is 2.31. The van der Waals surface area contributed by atoms with Crippen molar-refractivity contribution in [1.29, 1.82) is 5.26 Å². The number of methoxy groups -OCH3 is 2. The summed E-state index contributed by atoms with van der Waals surface area (Å²) in [7, 11) is 3.20. The summed E-state index contributed by atoms with van der Waals surface area (Å²) in [5.41, 5.74) is 1.93. The van der Waals surface area contributed by atoms with E-state index >= 15 is 0 Å². The van der Waals surface area contributed by atoms with Gasteiger partial charge in [0.2, 0.25) is 0 Å². The van der Waals surface area contributed by atoms with E-state index in [2.05, 4.69) is 6.07 Å². The van der Waals surface area contributed by atoms with Crippen LogP contribution in [0.4, 0.5) is 0 Å². The smallest absolute Gasteiger partial charge is 0.163 e. The van der Waals surface area contributed by atoms with Crippen LogP contribution in [0, 0.1) is 18.3 Å². The van der Waals surface area contributed by atoms with E-state index in [1.165, 1.54) is 0 Å². The van der Waals surface area contributed by atoms with Crippen LogP contribution < -0.4 is 9.47 Å². The number of rotatable bonds is 3. The minimum atomic E-state index is 0.390. The molecule has 1 rings (SSSR count). The lowest BCUT2D eigenvalue weighted by Gasteiger charge is -2.11. The summed E-state index contributed by atoms with van der Waals surface area (Å²) in [6.07, 6.45) is 0.390. The first kappa shape index (κ1) is 14.3. The van der Waals surface area contributed by atoms with Gasteiger partial charge in [0.25, 0.3) is 0 Å². The fraction of sp³-hybridized carbons (Fsp3) is 0.462. The van der Waals surface area contributed by atoms with Crippen LogP contribution in [0.15, 0.2) is 12.1 Å². The number of nitrogens with zero attached hydrogens (tertiary/aromatic N) is 1. The van der Waals surface area contributed by atoms with Crippen molar-refractivity contribution in [2.24, 2.45) is 0 Å². The molecule has 0 aromatic heterocycles. The molecule has 0 bridgehead atoms. The average molecular weight is 221 g/mol. The van der Waals surface area contributed by atoms with E-state index in [0.29, 0.717) is 12.2 Å². The molecule has 0 aliphatic carbocycles. The predicted molar refractivity (Wildman–Crippen MR) is 64.9 cm³/mol. The summed E-state index contributed by atoms with van der Waals surface area (Å²) in [4.78, 5) is 0. The van der Waals surface area contributed by atoms with Crippen molar-refractivity contribution in [3.8, 4) is 17.6 Å². The monoisotopic (exact) mass is 221 g/mol. The topological polar surface area (TPSA) is 42.2 Å². The van der Waals surface area contributed by atoms with Crippen molar-refractivity contribution >= 4 is 0 Å². The van der Waals surface area contributed by atoms with E-state index < -0.39 is 0 Å². The van der Waals surface area contributed by atoms with Gasteiger partial charge in [-0.05, 0) is 24.1 Å². The van der Waals surface area contributed by atoms with Crippen LogP contribution in [-0.2, 0) is 6.42 Å². The van der Waals surface area contributed by atoms with Gasteiger partial charge in [-0.25, -0.2) is 0 Å². The van der Waals surface area contributed by atoms with Gasteiger partial charge in [-0.1, -0.05) is 19.9 Å². The van der Waals surface area contributed by atoms with E-state index in [4.69, 9.17) is 14.7 Å². The molecule has 0 unspecified atom stereocenters. The highest BCUT2D eigenvalue weighted by atomic mass is 16.5. The molecule has 0 saturated heterocycles. The molecule has 0 aliphatic rings. The van der Waals surface area contributed by atoms with E-state index in [9.17, 15) is 0 Å². The maximum Gasteiger partial charge on any atom is 0.163 e. The van der Waals surface area contributed by atoms with Gasteiger partial charge in [-0.3, -0.25) is 0 Å². The maximum absolute atomic E-state index is 8.58. The second-order valence-electron chi connectivity index (χ2n) is 2.98. The third-order valence-electron chi connectivity index (χ3n) is 2.01. The van der Waals surface area contributed by atoms with Crippen LogP contribution in [-0.4, -0.2) is 14.2 Å². The van der Waals surface area contributed by atoms with Crippen LogP contribution in [0.1, 0.15) is 25.0 Å².